The van der Waals surface area contributed by atoms with Crippen molar-refractivity contribution in [3.8, 4) is 0 Å². The smallest absolute Gasteiger partial charge is 0.320 e. The fourth-order valence-electron chi connectivity index (χ4n) is 3.33. The highest BCUT2D eigenvalue weighted by Gasteiger charge is 2.42. The average molecular weight is 327 g/mol. The highest BCUT2D eigenvalue weighted by Crippen LogP contribution is 2.23. The Morgan fingerprint density at radius 2 is 1.78 bits per heavy atom. The van der Waals surface area contributed by atoms with Gasteiger partial charge < -0.3 is 15.7 Å². The molecule has 0 saturated carbocycles. The maximum absolute atomic E-state index is 11.6. The summed E-state index contributed by atoms with van der Waals surface area (Å²) in [6.07, 6.45) is 3.06. The lowest BCUT2D eigenvalue weighted by molar-refractivity contribution is -0.139. The molecule has 4 N–H and O–H groups in total. The monoisotopic (exact) mass is 327 g/mol. The molecule has 0 aromatic heterocycles. The van der Waals surface area contributed by atoms with Gasteiger partial charge in [0.1, 0.15) is 6.04 Å². The topological polar surface area (TPSA) is 108 Å². The molecule has 2 amide bonds. The van der Waals surface area contributed by atoms with E-state index in [0.29, 0.717) is 12.3 Å². The Balaban J connectivity index is 2.95. The summed E-state index contributed by atoms with van der Waals surface area (Å²) in [6, 6.07) is -1.52. The van der Waals surface area contributed by atoms with Gasteiger partial charge in [-0.25, -0.2) is 0 Å². The average Bonchev–Trinajstić information content (AvgIpc) is 2.86. The van der Waals surface area contributed by atoms with Crippen LogP contribution in [0.2, 0.25) is 0 Å². The summed E-state index contributed by atoms with van der Waals surface area (Å²) in [4.78, 5) is 34.3. The number of amides is 2. The van der Waals surface area contributed by atoms with Gasteiger partial charge in [-0.15, -0.1) is 0 Å². The van der Waals surface area contributed by atoms with Crippen molar-refractivity contribution in [2.45, 2.75) is 77.5 Å². The van der Waals surface area contributed by atoms with E-state index in [-0.39, 0.29) is 29.9 Å². The SMILES string of the molecule is CCC(CC)CC(NC(C)=O)C1N[C@H](C(=O)O)CC1NC(C)=O. The minimum absolute atomic E-state index is 0.150. The lowest BCUT2D eigenvalue weighted by Crippen LogP contribution is -2.56. The number of hydrogen-bond donors (Lipinski definition) is 4. The number of nitrogens with one attached hydrogen (secondary N) is 3. The molecule has 0 aliphatic carbocycles. The first-order valence-electron chi connectivity index (χ1n) is 8.31. The first-order valence-corrected chi connectivity index (χ1v) is 8.31. The molecule has 0 aromatic carbocycles. The Hall–Kier alpha value is -1.63. The summed E-state index contributed by atoms with van der Waals surface area (Å²) < 4.78 is 0. The van der Waals surface area contributed by atoms with Crippen molar-refractivity contribution < 1.29 is 19.5 Å². The van der Waals surface area contributed by atoms with Gasteiger partial charge in [0.15, 0.2) is 0 Å². The van der Waals surface area contributed by atoms with Crippen LogP contribution in [0.1, 0.15) is 53.4 Å². The number of carboxylic acids is 1. The number of rotatable bonds is 8. The third-order valence-corrected chi connectivity index (χ3v) is 4.57. The molecule has 1 aliphatic rings. The van der Waals surface area contributed by atoms with Crippen molar-refractivity contribution in [2.24, 2.45) is 5.92 Å². The number of carbonyl (C=O) groups excluding carboxylic acids is 2. The molecule has 1 saturated heterocycles. The number of aliphatic carboxylic acids is 1. The van der Waals surface area contributed by atoms with Gasteiger partial charge in [-0.3, -0.25) is 19.7 Å². The molecular weight excluding hydrogens is 298 g/mol. The van der Waals surface area contributed by atoms with Crippen LogP contribution < -0.4 is 16.0 Å². The summed E-state index contributed by atoms with van der Waals surface area (Å²) in [5.41, 5.74) is 0. The van der Waals surface area contributed by atoms with E-state index in [2.05, 4.69) is 29.8 Å². The van der Waals surface area contributed by atoms with Gasteiger partial charge in [0.25, 0.3) is 0 Å². The molecule has 1 fully saturated rings. The Morgan fingerprint density at radius 3 is 2.22 bits per heavy atom. The third kappa shape index (κ3) is 5.82. The molecule has 132 valence electrons. The normalized spacial score (nSPS) is 25.2. The second kappa shape index (κ2) is 8.86. The second-order valence-electron chi connectivity index (χ2n) is 6.35. The Bertz CT molecular complexity index is 437. The maximum atomic E-state index is 11.6. The quantitative estimate of drug-likeness (QED) is 0.523. The van der Waals surface area contributed by atoms with Gasteiger partial charge in [0.05, 0.1) is 0 Å². The number of hydrogen-bond acceptors (Lipinski definition) is 4. The Labute approximate surface area is 137 Å². The van der Waals surface area contributed by atoms with Crippen LogP contribution >= 0.6 is 0 Å². The lowest BCUT2D eigenvalue weighted by atomic mass is 9.89. The standard InChI is InChI=1S/C16H29N3O4/c1-5-11(6-2)7-12(17-9(3)20)15-13(18-10(4)21)8-14(19-15)16(22)23/h11-15,19H,5-8H2,1-4H3,(H,17,20)(H,18,21)(H,22,23)/t12?,13?,14-,15?/m0/s1. The summed E-state index contributed by atoms with van der Waals surface area (Å²) in [7, 11) is 0. The molecule has 1 heterocycles. The van der Waals surface area contributed by atoms with Gasteiger partial charge in [-0.05, 0) is 18.8 Å². The van der Waals surface area contributed by atoms with Gasteiger partial charge in [0, 0.05) is 32.0 Å². The lowest BCUT2D eigenvalue weighted by Gasteiger charge is -2.32. The summed E-state index contributed by atoms with van der Waals surface area (Å²) in [5, 5.41) is 18.1. The first-order chi connectivity index (χ1) is 10.8. The van der Waals surface area contributed by atoms with Crippen molar-refractivity contribution in [2.75, 3.05) is 0 Å². The predicted molar refractivity (Wildman–Crippen MR) is 86.9 cm³/mol. The first kappa shape index (κ1) is 19.4. The van der Waals surface area contributed by atoms with Gasteiger partial charge in [-0.1, -0.05) is 26.7 Å². The van der Waals surface area contributed by atoms with Crippen LogP contribution in [0.25, 0.3) is 0 Å². The zero-order chi connectivity index (χ0) is 17.6. The zero-order valence-corrected chi connectivity index (χ0v) is 14.4. The van der Waals surface area contributed by atoms with E-state index in [0.717, 1.165) is 19.3 Å². The molecule has 1 rings (SSSR count). The van der Waals surface area contributed by atoms with Crippen LogP contribution in [0.4, 0.5) is 0 Å². The molecule has 0 radical (unpaired) electrons. The molecule has 23 heavy (non-hydrogen) atoms. The molecule has 0 aromatic rings. The minimum atomic E-state index is -0.938. The minimum Gasteiger partial charge on any atom is -0.480 e. The summed E-state index contributed by atoms with van der Waals surface area (Å²) in [5.74, 6) is -0.845. The second-order valence-corrected chi connectivity index (χ2v) is 6.35. The molecule has 4 atom stereocenters. The van der Waals surface area contributed by atoms with E-state index in [1.165, 1.54) is 13.8 Å². The van der Waals surface area contributed by atoms with Crippen LogP contribution in [-0.4, -0.2) is 47.1 Å². The maximum Gasteiger partial charge on any atom is 0.320 e. The van der Waals surface area contributed by atoms with Crippen molar-refractivity contribution >= 4 is 17.8 Å². The van der Waals surface area contributed by atoms with Crippen LogP contribution in [0.5, 0.6) is 0 Å². The van der Waals surface area contributed by atoms with Crippen molar-refractivity contribution in [3.63, 3.8) is 0 Å². The van der Waals surface area contributed by atoms with Gasteiger partial charge in [-0.2, -0.15) is 0 Å². The van der Waals surface area contributed by atoms with E-state index in [9.17, 15) is 19.5 Å². The van der Waals surface area contributed by atoms with Crippen molar-refractivity contribution in [3.05, 3.63) is 0 Å². The summed E-state index contributed by atoms with van der Waals surface area (Å²) in [6.45, 7) is 7.08. The van der Waals surface area contributed by atoms with Crippen LogP contribution in [0.15, 0.2) is 0 Å². The van der Waals surface area contributed by atoms with Gasteiger partial charge in [0.2, 0.25) is 11.8 Å². The number of carbonyl (C=O) groups is 3. The third-order valence-electron chi connectivity index (χ3n) is 4.57. The molecule has 0 bridgehead atoms. The van der Waals surface area contributed by atoms with Crippen LogP contribution in [0.3, 0.4) is 0 Å². The van der Waals surface area contributed by atoms with E-state index in [4.69, 9.17) is 0 Å². The molecule has 7 nitrogen and oxygen atoms in total. The van der Waals surface area contributed by atoms with Crippen molar-refractivity contribution in [1.29, 1.82) is 0 Å². The fraction of sp³-hybridized carbons (Fsp3) is 0.812. The zero-order valence-electron chi connectivity index (χ0n) is 14.4. The fourth-order valence-corrected chi connectivity index (χ4v) is 3.33. The molecule has 7 heteroatoms. The predicted octanol–water partition coefficient (Wildman–Crippen LogP) is 0.637. The Morgan fingerprint density at radius 1 is 1.17 bits per heavy atom. The van der Waals surface area contributed by atoms with E-state index in [1.54, 1.807) is 0 Å². The van der Waals surface area contributed by atoms with Crippen molar-refractivity contribution in [1.82, 2.24) is 16.0 Å². The highest BCUT2D eigenvalue weighted by molar-refractivity contribution is 5.76. The summed E-state index contributed by atoms with van der Waals surface area (Å²) >= 11 is 0. The Kier molecular flexibility index (Phi) is 7.48. The largest absolute Gasteiger partial charge is 0.480 e. The van der Waals surface area contributed by atoms with Gasteiger partial charge >= 0.3 is 5.97 Å². The molecule has 1 aliphatic heterocycles. The van der Waals surface area contributed by atoms with E-state index >= 15 is 0 Å². The highest BCUT2D eigenvalue weighted by atomic mass is 16.4. The van der Waals surface area contributed by atoms with Crippen LogP contribution in [-0.2, 0) is 14.4 Å². The molecule has 0 spiro atoms. The number of carboxylic acid groups (broad SMARTS) is 1. The molecular formula is C16H29N3O4. The van der Waals surface area contributed by atoms with Crippen LogP contribution in [0, 0.1) is 5.92 Å². The van der Waals surface area contributed by atoms with E-state index < -0.39 is 12.0 Å². The molecule has 3 unspecified atom stereocenters. The van der Waals surface area contributed by atoms with E-state index in [1.807, 2.05) is 0 Å².